The molecule has 2 aromatic rings. The number of rotatable bonds is 5. The van der Waals surface area contributed by atoms with Crippen molar-refractivity contribution >= 4 is 29.9 Å². The molecule has 1 aromatic carbocycles. The molecule has 1 N–H and O–H groups in total. The van der Waals surface area contributed by atoms with E-state index in [4.69, 9.17) is 0 Å². The van der Waals surface area contributed by atoms with E-state index in [2.05, 4.69) is 15.3 Å². The van der Waals surface area contributed by atoms with Crippen LogP contribution in [0.5, 0.6) is 0 Å². The fraction of sp³-hybridized carbons (Fsp3) is 0.333. The van der Waals surface area contributed by atoms with Crippen LogP contribution in [-0.4, -0.2) is 29.4 Å². The number of nitrogens with zero attached hydrogens (tertiary/aromatic N) is 3. The van der Waals surface area contributed by atoms with Crippen LogP contribution in [0.25, 0.3) is 0 Å². The third-order valence-electron chi connectivity index (χ3n) is 3.34. The summed E-state index contributed by atoms with van der Waals surface area (Å²) in [5.41, 5.74) is 2.82. The Balaban J connectivity index is 0.00000288. The molecule has 0 unspecified atom stereocenters. The summed E-state index contributed by atoms with van der Waals surface area (Å²) in [5.74, 6) is 0.557. The maximum atomic E-state index is 13.3. The number of hydrogen-bond donors (Lipinski definition) is 1. The largest absolute Gasteiger partial charge is 0.357 e. The predicted octanol–water partition coefficient (Wildman–Crippen LogP) is 3.74. The quantitative estimate of drug-likeness (QED) is 0.436. The van der Waals surface area contributed by atoms with Gasteiger partial charge in [-0.1, -0.05) is 18.2 Å². The van der Waals surface area contributed by atoms with E-state index in [1.54, 1.807) is 12.1 Å². The first-order valence-electron chi connectivity index (χ1n) is 7.75. The minimum atomic E-state index is -0.221. The van der Waals surface area contributed by atoms with Gasteiger partial charge >= 0.3 is 0 Å². The third-order valence-corrected chi connectivity index (χ3v) is 3.34. The van der Waals surface area contributed by atoms with Crippen LogP contribution in [0.15, 0.2) is 47.5 Å². The maximum absolute atomic E-state index is 13.3. The van der Waals surface area contributed by atoms with Gasteiger partial charge in [-0.15, -0.1) is 24.0 Å². The molecule has 0 amide bonds. The second kappa shape index (κ2) is 10.2. The van der Waals surface area contributed by atoms with Crippen molar-refractivity contribution in [3.63, 3.8) is 0 Å². The number of guanidine groups is 1. The van der Waals surface area contributed by atoms with Gasteiger partial charge in [-0.2, -0.15) is 0 Å². The van der Waals surface area contributed by atoms with Gasteiger partial charge in [0.25, 0.3) is 0 Å². The number of benzene rings is 1. The highest BCUT2D eigenvalue weighted by molar-refractivity contribution is 14.0. The van der Waals surface area contributed by atoms with Gasteiger partial charge in [-0.05, 0) is 43.7 Å². The van der Waals surface area contributed by atoms with E-state index < -0.39 is 0 Å². The minimum absolute atomic E-state index is 0. The van der Waals surface area contributed by atoms with Crippen LogP contribution in [0, 0.1) is 12.7 Å². The van der Waals surface area contributed by atoms with Gasteiger partial charge in [0.1, 0.15) is 5.82 Å². The van der Waals surface area contributed by atoms with E-state index in [1.807, 2.05) is 50.1 Å². The lowest BCUT2D eigenvalue weighted by molar-refractivity contribution is 0.474. The fourth-order valence-corrected chi connectivity index (χ4v) is 2.30. The van der Waals surface area contributed by atoms with Gasteiger partial charge in [-0.3, -0.25) is 4.98 Å². The highest BCUT2D eigenvalue weighted by atomic mass is 127. The maximum Gasteiger partial charge on any atom is 0.194 e. The summed E-state index contributed by atoms with van der Waals surface area (Å²) in [5, 5.41) is 3.26. The molecule has 6 heteroatoms. The van der Waals surface area contributed by atoms with E-state index in [0.29, 0.717) is 13.1 Å². The summed E-state index contributed by atoms with van der Waals surface area (Å²) in [6.07, 6.45) is 0. The van der Waals surface area contributed by atoms with E-state index in [0.717, 1.165) is 29.5 Å². The number of halogens is 2. The smallest absolute Gasteiger partial charge is 0.194 e. The van der Waals surface area contributed by atoms with Crippen molar-refractivity contribution in [3.8, 4) is 0 Å². The average Bonchev–Trinajstić information content (AvgIpc) is 2.51. The first kappa shape index (κ1) is 20.3. The van der Waals surface area contributed by atoms with Gasteiger partial charge in [0.15, 0.2) is 5.96 Å². The molecular weight excluding hydrogens is 418 g/mol. The Morgan fingerprint density at radius 1 is 1.25 bits per heavy atom. The van der Waals surface area contributed by atoms with Crippen LogP contribution in [-0.2, 0) is 13.1 Å². The number of aliphatic imine (C=N–C) groups is 1. The normalized spacial score (nSPS) is 10.9. The molecule has 0 aliphatic rings. The highest BCUT2D eigenvalue weighted by Gasteiger charge is 2.07. The van der Waals surface area contributed by atoms with E-state index in [-0.39, 0.29) is 29.8 Å². The van der Waals surface area contributed by atoms with Crippen molar-refractivity contribution in [1.82, 2.24) is 15.2 Å². The molecule has 1 aromatic heterocycles. The molecule has 0 saturated heterocycles. The zero-order valence-electron chi connectivity index (χ0n) is 14.3. The molecule has 0 radical (unpaired) electrons. The summed E-state index contributed by atoms with van der Waals surface area (Å²) in [4.78, 5) is 11.1. The molecule has 0 bridgehead atoms. The van der Waals surface area contributed by atoms with E-state index in [1.165, 1.54) is 6.07 Å². The lowest BCUT2D eigenvalue weighted by Crippen LogP contribution is -2.38. The number of pyridine rings is 1. The highest BCUT2D eigenvalue weighted by Crippen LogP contribution is 2.07. The SMILES string of the molecule is CCNC(=NCc1cccc(C)n1)N(C)Cc1cccc(F)c1.I. The predicted molar refractivity (Wildman–Crippen MR) is 107 cm³/mol. The molecule has 130 valence electrons. The standard InChI is InChI=1S/C18H23FN4.HI/c1-4-20-18(21-12-17-10-5-7-14(2)22-17)23(3)13-15-8-6-9-16(19)11-15;/h5-11H,4,12-13H2,1-3H3,(H,20,21);1H. The Labute approximate surface area is 160 Å². The van der Waals surface area contributed by atoms with Crippen LogP contribution in [0.2, 0.25) is 0 Å². The molecule has 0 atom stereocenters. The summed E-state index contributed by atoms with van der Waals surface area (Å²) in [6.45, 7) is 5.86. The molecule has 0 spiro atoms. The van der Waals surface area contributed by atoms with Crippen LogP contribution in [0.3, 0.4) is 0 Å². The summed E-state index contributed by atoms with van der Waals surface area (Å²) in [6, 6.07) is 12.5. The monoisotopic (exact) mass is 442 g/mol. The average molecular weight is 442 g/mol. The van der Waals surface area contributed by atoms with Crippen molar-refractivity contribution < 1.29 is 4.39 Å². The first-order chi connectivity index (χ1) is 11.1. The summed E-state index contributed by atoms with van der Waals surface area (Å²) < 4.78 is 13.3. The van der Waals surface area contributed by atoms with Crippen molar-refractivity contribution in [2.75, 3.05) is 13.6 Å². The second-order valence-corrected chi connectivity index (χ2v) is 5.43. The van der Waals surface area contributed by atoms with Gasteiger partial charge in [0.05, 0.1) is 12.2 Å². The Morgan fingerprint density at radius 2 is 2.00 bits per heavy atom. The van der Waals surface area contributed by atoms with Gasteiger partial charge in [0, 0.05) is 25.8 Å². The Hall–Kier alpha value is -1.70. The molecule has 0 saturated carbocycles. The molecular formula is C18H24FIN4. The summed E-state index contributed by atoms with van der Waals surface area (Å²) in [7, 11) is 1.94. The number of nitrogens with one attached hydrogen (secondary N) is 1. The fourth-order valence-electron chi connectivity index (χ4n) is 2.30. The topological polar surface area (TPSA) is 40.5 Å². The Bertz CT molecular complexity index is 676. The Morgan fingerprint density at radius 3 is 2.67 bits per heavy atom. The lowest BCUT2D eigenvalue weighted by Gasteiger charge is -2.22. The van der Waals surface area contributed by atoms with Gasteiger partial charge < -0.3 is 10.2 Å². The molecule has 0 aliphatic heterocycles. The van der Waals surface area contributed by atoms with Crippen molar-refractivity contribution in [2.24, 2.45) is 4.99 Å². The second-order valence-electron chi connectivity index (χ2n) is 5.43. The van der Waals surface area contributed by atoms with Crippen LogP contribution >= 0.6 is 24.0 Å². The van der Waals surface area contributed by atoms with E-state index in [9.17, 15) is 4.39 Å². The zero-order chi connectivity index (χ0) is 16.7. The molecule has 24 heavy (non-hydrogen) atoms. The first-order valence-corrected chi connectivity index (χ1v) is 7.75. The van der Waals surface area contributed by atoms with Crippen LogP contribution in [0.1, 0.15) is 23.9 Å². The Kier molecular flexibility index (Phi) is 8.67. The molecule has 0 fully saturated rings. The number of aromatic nitrogens is 1. The van der Waals surface area contributed by atoms with Gasteiger partial charge in [-0.25, -0.2) is 9.38 Å². The van der Waals surface area contributed by atoms with Crippen molar-refractivity contribution in [3.05, 3.63) is 65.2 Å². The van der Waals surface area contributed by atoms with Gasteiger partial charge in [0.2, 0.25) is 0 Å². The number of aryl methyl sites for hydroxylation is 1. The van der Waals surface area contributed by atoms with Crippen molar-refractivity contribution in [1.29, 1.82) is 0 Å². The zero-order valence-corrected chi connectivity index (χ0v) is 16.6. The molecule has 0 aliphatic carbocycles. The van der Waals surface area contributed by atoms with Crippen molar-refractivity contribution in [2.45, 2.75) is 26.9 Å². The van der Waals surface area contributed by atoms with E-state index >= 15 is 0 Å². The number of hydrogen-bond acceptors (Lipinski definition) is 2. The van der Waals surface area contributed by atoms with Crippen LogP contribution in [0.4, 0.5) is 4.39 Å². The van der Waals surface area contributed by atoms with Crippen LogP contribution < -0.4 is 5.32 Å². The third kappa shape index (κ3) is 6.43. The minimum Gasteiger partial charge on any atom is -0.357 e. The summed E-state index contributed by atoms with van der Waals surface area (Å²) >= 11 is 0. The lowest BCUT2D eigenvalue weighted by atomic mass is 10.2. The molecule has 4 nitrogen and oxygen atoms in total. The molecule has 1 heterocycles. The molecule has 2 rings (SSSR count).